The average Bonchev–Trinajstić information content (AvgIpc) is 2.68. The number of halogens is 3. The van der Waals surface area contributed by atoms with Gasteiger partial charge < -0.3 is 36.5 Å². The van der Waals surface area contributed by atoms with Gasteiger partial charge >= 0.3 is 57.7 Å². The maximum atomic E-state index is 12.5. The van der Waals surface area contributed by atoms with Gasteiger partial charge in [0.05, 0.1) is 12.3 Å². The number of ketones is 1. The molecule has 0 aliphatic carbocycles. The van der Waals surface area contributed by atoms with Crippen molar-refractivity contribution >= 4 is 17.7 Å². The number of benzene rings is 1. The van der Waals surface area contributed by atoms with Gasteiger partial charge in [0.25, 0.3) is 0 Å². The van der Waals surface area contributed by atoms with E-state index in [1.54, 1.807) is 20.0 Å². The summed E-state index contributed by atoms with van der Waals surface area (Å²) in [5, 5.41) is 13.7. The van der Waals surface area contributed by atoms with Crippen LogP contribution in [0.15, 0.2) is 42.1 Å². The number of rotatable bonds is 11. The minimum Gasteiger partial charge on any atom is -0.879 e. The summed E-state index contributed by atoms with van der Waals surface area (Å²) in [6.07, 6.45) is 2.63. The Kier molecular flexibility index (Phi) is 18.4. The third-order valence-corrected chi connectivity index (χ3v) is 3.45. The summed E-state index contributed by atoms with van der Waals surface area (Å²) >= 11 is 0. The molecule has 0 aromatic heterocycles. The van der Waals surface area contributed by atoms with Crippen LogP contribution in [0.3, 0.4) is 0 Å². The maximum absolute atomic E-state index is 12.5. The Labute approximate surface area is 236 Å². The Morgan fingerprint density at radius 3 is 2.39 bits per heavy atom. The number of hydrogen-bond donors (Lipinski definition) is 2. The second kappa shape index (κ2) is 18.0. The van der Waals surface area contributed by atoms with Crippen LogP contribution in [0.1, 0.15) is 33.3 Å². The number of Topliss-reactive ketones (excluding diaryl/α,β-unsaturated/α-hetero) is 1. The summed E-state index contributed by atoms with van der Waals surface area (Å²) in [4.78, 5) is 10.3. The second-order valence-corrected chi connectivity index (χ2v) is 6.83. The van der Waals surface area contributed by atoms with Crippen molar-refractivity contribution in [2.45, 2.75) is 40.7 Å². The van der Waals surface area contributed by atoms with Crippen molar-refractivity contribution in [2.24, 2.45) is 5.92 Å². The number of anilines is 1. The van der Waals surface area contributed by atoms with Gasteiger partial charge in [-0.25, -0.2) is 6.08 Å². The molecule has 0 spiro atoms. The second-order valence-electron chi connectivity index (χ2n) is 6.83. The molecule has 33 heavy (non-hydrogen) atoms. The van der Waals surface area contributed by atoms with Crippen LogP contribution in [0.25, 0.3) is 5.41 Å². The molecule has 0 fully saturated rings. The summed E-state index contributed by atoms with van der Waals surface area (Å²) in [6, 6.07) is 4.33. The van der Waals surface area contributed by atoms with Gasteiger partial charge in [0.1, 0.15) is 0 Å². The summed E-state index contributed by atoms with van der Waals surface area (Å²) in [5.74, 6) is -0.137. The van der Waals surface area contributed by atoms with Crippen LogP contribution in [-0.4, -0.2) is 32.0 Å². The molecule has 0 aliphatic rings. The average molecular weight is 492 g/mol. The molecule has 2 N–H and O–H groups in total. The van der Waals surface area contributed by atoms with E-state index in [1.165, 1.54) is 25.1 Å². The zero-order valence-corrected chi connectivity index (χ0v) is 23.0. The van der Waals surface area contributed by atoms with Crippen molar-refractivity contribution in [1.82, 2.24) is 5.32 Å². The minimum absolute atomic E-state index is 0. The Morgan fingerprint density at radius 2 is 1.97 bits per heavy atom. The zero-order valence-electron chi connectivity index (χ0n) is 19.9. The molecule has 0 radical (unpaired) electrons. The first kappa shape index (κ1) is 33.7. The molecule has 1 aromatic carbocycles. The first-order chi connectivity index (χ1) is 14.9. The molecule has 6 nitrogen and oxygen atoms in total. The van der Waals surface area contributed by atoms with E-state index in [0.29, 0.717) is 24.8 Å². The van der Waals surface area contributed by atoms with Gasteiger partial charge in [-0.2, -0.15) is 24.4 Å². The predicted molar refractivity (Wildman–Crippen MR) is 120 cm³/mol. The van der Waals surface area contributed by atoms with Crippen LogP contribution in [0, 0.1) is 18.2 Å². The molecular weight excluding hydrogens is 462 g/mol. The SMILES string of the molecule is C=C(C=[C-]NC)Nc1cc(COCC(C)C)ccc1OC(F)(F)F.C[C-]=C(C=[N-])C(C)=O.[K+]. The van der Waals surface area contributed by atoms with E-state index < -0.39 is 6.36 Å². The van der Waals surface area contributed by atoms with Crippen LogP contribution < -0.4 is 66.8 Å². The number of nitrogens with one attached hydrogen (secondary N) is 2. The third-order valence-electron chi connectivity index (χ3n) is 3.45. The van der Waals surface area contributed by atoms with E-state index in [2.05, 4.69) is 34.2 Å². The van der Waals surface area contributed by atoms with Crippen LogP contribution in [0.4, 0.5) is 18.9 Å². The topological polar surface area (TPSA) is 81.9 Å². The molecule has 0 atom stereocenters. The Balaban J connectivity index is 0. The third kappa shape index (κ3) is 16.8. The number of allylic oxidation sites excluding steroid dienone is 3. The van der Waals surface area contributed by atoms with Gasteiger partial charge in [-0.15, -0.1) is 18.9 Å². The number of hydrogen-bond acceptors (Lipinski definition) is 5. The Bertz CT molecular complexity index is 823. The van der Waals surface area contributed by atoms with E-state index >= 15 is 0 Å². The molecule has 1 aromatic rings. The fourth-order valence-corrected chi connectivity index (χ4v) is 2.09. The van der Waals surface area contributed by atoms with E-state index in [1.807, 2.05) is 13.8 Å². The van der Waals surface area contributed by atoms with Crippen molar-refractivity contribution in [3.05, 3.63) is 65.4 Å². The Hall–Kier alpha value is -1.43. The fraction of sp³-hybridized carbons (Fsp3) is 0.391. The number of carbonyl (C=O) groups excluding carboxylic acids is 1. The first-order valence-electron chi connectivity index (χ1n) is 9.64. The molecule has 0 aliphatic heterocycles. The quantitative estimate of drug-likeness (QED) is 0.124. The van der Waals surface area contributed by atoms with Crippen molar-refractivity contribution in [2.75, 3.05) is 19.0 Å². The first-order valence-corrected chi connectivity index (χ1v) is 9.64. The summed E-state index contributed by atoms with van der Waals surface area (Å²) in [5.41, 5.74) is 1.46. The van der Waals surface area contributed by atoms with Crippen LogP contribution in [0.5, 0.6) is 5.75 Å². The number of nitrogens with zero attached hydrogens (tertiary/aromatic N) is 1. The van der Waals surface area contributed by atoms with E-state index in [9.17, 15) is 18.0 Å². The molecule has 0 bridgehead atoms. The van der Waals surface area contributed by atoms with Gasteiger partial charge in [-0.1, -0.05) is 26.8 Å². The zero-order chi connectivity index (χ0) is 24.7. The maximum Gasteiger partial charge on any atom is 1.00 e. The molecule has 0 heterocycles. The van der Waals surface area contributed by atoms with Gasteiger partial charge in [-0.3, -0.25) is 0 Å². The normalized spacial score (nSPS) is 11.2. The molecule has 0 amide bonds. The van der Waals surface area contributed by atoms with Crippen molar-refractivity contribution in [3.63, 3.8) is 0 Å². The van der Waals surface area contributed by atoms with Crippen LogP contribution in [0.2, 0.25) is 0 Å². The van der Waals surface area contributed by atoms with E-state index in [4.69, 9.17) is 10.1 Å². The molecule has 0 saturated carbocycles. The molecule has 178 valence electrons. The standard InChI is InChI=1S/C17H22F3N2O2.C6H7NO.K/c1-12(2)10-23-11-14-5-6-16(24-17(18,19)20)15(9-14)22-13(3)7-8-21-4;1-3-6(4-7)5(2)8;/h5-7,9,12,21-22H,3,10-11H2,1-2,4H3;4H,1-2H3;/q-1;-2;+1. The van der Waals surface area contributed by atoms with Gasteiger partial charge in [0.15, 0.2) is 5.75 Å². The van der Waals surface area contributed by atoms with Crippen molar-refractivity contribution in [3.8, 4) is 5.75 Å². The van der Waals surface area contributed by atoms with Crippen LogP contribution in [-0.2, 0) is 16.1 Å². The van der Waals surface area contributed by atoms with Gasteiger partial charge in [0, 0.05) is 12.4 Å². The Morgan fingerprint density at radius 1 is 1.33 bits per heavy atom. The van der Waals surface area contributed by atoms with E-state index in [-0.39, 0.29) is 74.2 Å². The monoisotopic (exact) mass is 491 g/mol. The van der Waals surface area contributed by atoms with Gasteiger partial charge in [0.2, 0.25) is 0 Å². The minimum atomic E-state index is -4.78. The largest absolute Gasteiger partial charge is 1.00 e. The smallest absolute Gasteiger partial charge is 0.879 e. The molecule has 0 saturated heterocycles. The molecule has 1 rings (SSSR count). The fourth-order valence-electron chi connectivity index (χ4n) is 2.09. The van der Waals surface area contributed by atoms with Gasteiger partial charge in [-0.05, 0) is 37.6 Å². The van der Waals surface area contributed by atoms with E-state index in [0.717, 1.165) is 11.8 Å². The summed E-state index contributed by atoms with van der Waals surface area (Å²) < 4.78 is 47.1. The van der Waals surface area contributed by atoms with Crippen molar-refractivity contribution in [1.29, 1.82) is 0 Å². The molecule has 0 unspecified atom stereocenters. The van der Waals surface area contributed by atoms with Crippen LogP contribution >= 0.6 is 0 Å². The number of ether oxygens (including phenoxy) is 2. The summed E-state index contributed by atoms with van der Waals surface area (Å²) in [6.45, 7) is 11.5. The number of alkyl halides is 3. The van der Waals surface area contributed by atoms with Crippen molar-refractivity contribution < 1.29 is 78.8 Å². The molecule has 10 heteroatoms. The predicted octanol–water partition coefficient (Wildman–Crippen LogP) is 2.19. The molecular formula is C23H29F3KN3O3-2. The summed E-state index contributed by atoms with van der Waals surface area (Å²) in [7, 11) is 1.65. The number of carbonyl (C=O) groups is 1.